The number of piperidine rings is 1. The zero-order valence-corrected chi connectivity index (χ0v) is 12.0. The van der Waals surface area contributed by atoms with Crippen LogP contribution in [0.3, 0.4) is 0 Å². The van der Waals surface area contributed by atoms with Gasteiger partial charge in [-0.25, -0.2) is 4.79 Å². The van der Waals surface area contributed by atoms with E-state index in [0.717, 1.165) is 25.0 Å². The monoisotopic (exact) mass is 317 g/mol. The number of halogens is 3. The van der Waals surface area contributed by atoms with Crippen LogP contribution in [0, 0.1) is 5.92 Å². The lowest BCUT2D eigenvalue weighted by atomic mass is 9.94. The van der Waals surface area contributed by atoms with Gasteiger partial charge < -0.3 is 14.7 Å². The summed E-state index contributed by atoms with van der Waals surface area (Å²) in [5.74, 6) is 0.555. The first-order valence-electron chi connectivity index (χ1n) is 7.14. The van der Waals surface area contributed by atoms with Crippen LogP contribution >= 0.6 is 0 Å². The van der Waals surface area contributed by atoms with E-state index in [0.29, 0.717) is 32.0 Å². The number of rotatable bonds is 4. The second kappa shape index (κ2) is 6.89. The van der Waals surface area contributed by atoms with Gasteiger partial charge in [-0.2, -0.15) is 13.2 Å². The molecule has 1 amide bonds. The summed E-state index contributed by atoms with van der Waals surface area (Å²) in [6, 6.07) is 4.83. The van der Waals surface area contributed by atoms with Crippen LogP contribution in [0.5, 0.6) is 5.75 Å². The molecule has 1 fully saturated rings. The van der Waals surface area contributed by atoms with Gasteiger partial charge in [-0.15, -0.1) is 0 Å². The molecule has 0 aromatic heterocycles. The van der Waals surface area contributed by atoms with E-state index in [1.165, 1.54) is 17.0 Å². The Hall–Kier alpha value is -1.92. The number of carboxylic acid groups (broad SMARTS) is 1. The molecule has 122 valence electrons. The zero-order valence-electron chi connectivity index (χ0n) is 12.0. The van der Waals surface area contributed by atoms with Gasteiger partial charge in [0.2, 0.25) is 0 Å². The number of nitrogens with zero attached hydrogens (tertiary/aromatic N) is 1. The molecule has 1 saturated heterocycles. The summed E-state index contributed by atoms with van der Waals surface area (Å²) >= 11 is 0. The first-order valence-corrected chi connectivity index (χ1v) is 7.14. The van der Waals surface area contributed by atoms with Crippen molar-refractivity contribution in [1.29, 1.82) is 0 Å². The van der Waals surface area contributed by atoms with Gasteiger partial charge in [0.05, 0.1) is 12.2 Å². The van der Waals surface area contributed by atoms with Gasteiger partial charge in [-0.3, -0.25) is 0 Å². The number of benzene rings is 1. The molecule has 0 radical (unpaired) electrons. The Morgan fingerprint density at radius 3 is 2.59 bits per heavy atom. The largest absolute Gasteiger partial charge is 0.494 e. The highest BCUT2D eigenvalue weighted by atomic mass is 19.4. The molecule has 0 atom stereocenters. The Morgan fingerprint density at radius 2 is 2.00 bits per heavy atom. The quantitative estimate of drug-likeness (QED) is 0.917. The minimum Gasteiger partial charge on any atom is -0.494 e. The lowest BCUT2D eigenvalue weighted by Gasteiger charge is -2.29. The average molecular weight is 317 g/mol. The maximum atomic E-state index is 12.6. The highest BCUT2D eigenvalue weighted by molar-refractivity contribution is 5.64. The molecule has 1 aromatic carbocycles. The fourth-order valence-electron chi connectivity index (χ4n) is 2.52. The summed E-state index contributed by atoms with van der Waals surface area (Å²) < 4.78 is 43.1. The third-order valence-corrected chi connectivity index (χ3v) is 3.84. The maximum Gasteiger partial charge on any atom is 0.416 e. The van der Waals surface area contributed by atoms with Crippen LogP contribution in [0.25, 0.3) is 0 Å². The second-order valence-corrected chi connectivity index (χ2v) is 5.38. The van der Waals surface area contributed by atoms with Gasteiger partial charge in [0.25, 0.3) is 0 Å². The van der Waals surface area contributed by atoms with Crippen molar-refractivity contribution in [3.05, 3.63) is 29.8 Å². The summed E-state index contributed by atoms with van der Waals surface area (Å²) in [4.78, 5) is 12.2. The van der Waals surface area contributed by atoms with Crippen LogP contribution in [0.1, 0.15) is 24.8 Å². The molecular weight excluding hydrogens is 299 g/mol. The number of hydrogen-bond acceptors (Lipinski definition) is 2. The van der Waals surface area contributed by atoms with E-state index in [1.54, 1.807) is 0 Å². The fraction of sp³-hybridized carbons (Fsp3) is 0.533. The Bertz CT molecular complexity index is 511. The van der Waals surface area contributed by atoms with Crippen molar-refractivity contribution in [2.45, 2.75) is 25.4 Å². The van der Waals surface area contributed by atoms with E-state index in [2.05, 4.69) is 0 Å². The number of alkyl halides is 3. The predicted octanol–water partition coefficient (Wildman–Crippen LogP) is 3.86. The summed E-state index contributed by atoms with van der Waals surface area (Å²) in [5.41, 5.74) is -0.722. The first-order chi connectivity index (χ1) is 10.4. The van der Waals surface area contributed by atoms with Gasteiger partial charge in [-0.05, 0) is 43.4 Å². The number of ether oxygens (including phenoxy) is 1. The van der Waals surface area contributed by atoms with E-state index in [4.69, 9.17) is 9.84 Å². The van der Waals surface area contributed by atoms with Crippen LogP contribution in [0.15, 0.2) is 24.3 Å². The maximum absolute atomic E-state index is 12.6. The number of amides is 1. The summed E-state index contributed by atoms with van der Waals surface area (Å²) in [7, 11) is 0. The summed E-state index contributed by atoms with van der Waals surface area (Å²) in [6.45, 7) is 1.34. The lowest BCUT2D eigenvalue weighted by molar-refractivity contribution is -0.137. The smallest absolute Gasteiger partial charge is 0.416 e. The summed E-state index contributed by atoms with van der Waals surface area (Å²) in [6.07, 6.45) is -3.04. The van der Waals surface area contributed by atoms with Crippen LogP contribution < -0.4 is 4.74 Å². The molecule has 1 heterocycles. The minimum atomic E-state index is -4.37. The number of hydrogen-bond donors (Lipinski definition) is 1. The first kappa shape index (κ1) is 16.5. The minimum absolute atomic E-state index is 0.206. The average Bonchev–Trinajstić information content (AvgIpc) is 2.47. The van der Waals surface area contributed by atoms with Crippen molar-refractivity contribution in [1.82, 2.24) is 4.90 Å². The molecule has 0 aliphatic carbocycles. The van der Waals surface area contributed by atoms with E-state index < -0.39 is 17.8 Å². The van der Waals surface area contributed by atoms with E-state index in [-0.39, 0.29) is 5.75 Å². The Labute approximate surface area is 126 Å². The standard InChI is InChI=1S/C15H18F3NO3/c16-15(17,18)12-2-1-3-13(10-12)22-9-6-11-4-7-19(8-5-11)14(20)21/h1-3,10-11H,4-9H2,(H,20,21). The molecule has 1 aliphatic rings. The second-order valence-electron chi connectivity index (χ2n) is 5.38. The van der Waals surface area contributed by atoms with E-state index in [1.807, 2.05) is 0 Å². The highest BCUT2D eigenvalue weighted by Gasteiger charge is 2.30. The number of likely N-dealkylation sites (tertiary alicyclic amines) is 1. The molecular formula is C15H18F3NO3. The van der Waals surface area contributed by atoms with Gasteiger partial charge >= 0.3 is 12.3 Å². The van der Waals surface area contributed by atoms with Crippen LogP contribution in [-0.4, -0.2) is 35.8 Å². The molecule has 1 aromatic rings. The molecule has 0 spiro atoms. The highest BCUT2D eigenvalue weighted by Crippen LogP contribution is 2.31. The molecule has 1 aliphatic heterocycles. The van der Waals surface area contributed by atoms with Crippen molar-refractivity contribution >= 4 is 6.09 Å². The van der Waals surface area contributed by atoms with Gasteiger partial charge in [0.15, 0.2) is 0 Å². The third kappa shape index (κ3) is 4.54. The van der Waals surface area contributed by atoms with Crippen molar-refractivity contribution in [3.8, 4) is 5.75 Å². The Morgan fingerprint density at radius 1 is 1.32 bits per heavy atom. The molecule has 0 saturated carbocycles. The molecule has 4 nitrogen and oxygen atoms in total. The predicted molar refractivity (Wildman–Crippen MR) is 73.9 cm³/mol. The molecule has 0 bridgehead atoms. The van der Waals surface area contributed by atoms with Crippen molar-refractivity contribution in [2.75, 3.05) is 19.7 Å². The summed E-state index contributed by atoms with van der Waals surface area (Å²) in [5, 5.41) is 8.85. The van der Waals surface area contributed by atoms with Crippen molar-refractivity contribution < 1.29 is 27.8 Å². The third-order valence-electron chi connectivity index (χ3n) is 3.84. The van der Waals surface area contributed by atoms with Gasteiger partial charge in [0.1, 0.15) is 5.75 Å². The SMILES string of the molecule is O=C(O)N1CCC(CCOc2cccc(C(F)(F)F)c2)CC1. The van der Waals surface area contributed by atoms with Crippen LogP contribution in [-0.2, 0) is 6.18 Å². The van der Waals surface area contributed by atoms with Crippen LogP contribution in [0.2, 0.25) is 0 Å². The van der Waals surface area contributed by atoms with Crippen LogP contribution in [0.4, 0.5) is 18.0 Å². The lowest BCUT2D eigenvalue weighted by Crippen LogP contribution is -2.37. The molecule has 22 heavy (non-hydrogen) atoms. The number of carbonyl (C=O) groups is 1. The Kier molecular flexibility index (Phi) is 5.15. The van der Waals surface area contributed by atoms with E-state index >= 15 is 0 Å². The van der Waals surface area contributed by atoms with Crippen molar-refractivity contribution in [2.24, 2.45) is 5.92 Å². The zero-order chi connectivity index (χ0) is 16.2. The molecule has 2 rings (SSSR count). The van der Waals surface area contributed by atoms with Crippen molar-refractivity contribution in [3.63, 3.8) is 0 Å². The topological polar surface area (TPSA) is 49.8 Å². The normalized spacial score (nSPS) is 16.6. The van der Waals surface area contributed by atoms with Gasteiger partial charge in [0, 0.05) is 13.1 Å². The van der Waals surface area contributed by atoms with Gasteiger partial charge in [-0.1, -0.05) is 6.07 Å². The molecule has 7 heteroatoms. The Balaban J connectivity index is 1.77. The molecule has 1 N–H and O–H groups in total. The fourth-order valence-corrected chi connectivity index (χ4v) is 2.52. The van der Waals surface area contributed by atoms with E-state index in [9.17, 15) is 18.0 Å². The molecule has 0 unspecified atom stereocenters.